The van der Waals surface area contributed by atoms with E-state index in [-0.39, 0.29) is 5.56 Å². The summed E-state index contributed by atoms with van der Waals surface area (Å²) in [7, 11) is 0. The number of aromatic amines is 1. The van der Waals surface area contributed by atoms with Crippen LogP contribution >= 0.6 is 0 Å². The predicted octanol–water partition coefficient (Wildman–Crippen LogP) is 1.09. The van der Waals surface area contributed by atoms with Gasteiger partial charge < -0.3 is 4.74 Å². The highest BCUT2D eigenvalue weighted by Gasteiger charge is 2.17. The van der Waals surface area contributed by atoms with Crippen LogP contribution in [0.2, 0.25) is 0 Å². The van der Waals surface area contributed by atoms with E-state index in [0.717, 1.165) is 38.2 Å². The van der Waals surface area contributed by atoms with Crippen LogP contribution in [-0.4, -0.2) is 23.0 Å². The normalized spacial score (nSPS) is 18.6. The molecule has 14 heavy (non-hydrogen) atoms. The number of hydrogen-bond donors (Lipinski definition) is 1. The topological polar surface area (TPSA) is 47.0 Å². The molecule has 1 N–H and O–H groups in total. The summed E-state index contributed by atoms with van der Waals surface area (Å²) >= 11 is 0. The third kappa shape index (κ3) is 1.75. The van der Waals surface area contributed by atoms with Gasteiger partial charge in [-0.15, -0.1) is 0 Å². The summed E-state index contributed by atoms with van der Waals surface area (Å²) in [4.78, 5) is 11.6. The van der Waals surface area contributed by atoms with Crippen LogP contribution in [0.25, 0.3) is 0 Å². The van der Waals surface area contributed by atoms with Crippen molar-refractivity contribution in [1.82, 2.24) is 9.78 Å². The fourth-order valence-corrected chi connectivity index (χ4v) is 1.86. The molecule has 1 aliphatic rings. The molecule has 0 unspecified atom stereocenters. The third-order valence-electron chi connectivity index (χ3n) is 2.74. The molecule has 1 aromatic heterocycles. The Morgan fingerprint density at radius 1 is 1.57 bits per heavy atom. The Labute approximate surface area is 82.9 Å². The molecule has 1 aliphatic heterocycles. The van der Waals surface area contributed by atoms with Crippen molar-refractivity contribution in [1.29, 1.82) is 0 Å². The van der Waals surface area contributed by atoms with Crippen molar-refractivity contribution in [2.75, 3.05) is 13.2 Å². The summed E-state index contributed by atoms with van der Waals surface area (Å²) in [6, 6.07) is 1.99. The molecule has 1 aromatic rings. The van der Waals surface area contributed by atoms with Gasteiger partial charge in [0.2, 0.25) is 0 Å². The molecule has 0 radical (unpaired) electrons. The Balaban J connectivity index is 2.21. The minimum atomic E-state index is 0.0914. The first-order valence-electron chi connectivity index (χ1n) is 5.19. The molecule has 0 spiro atoms. The Morgan fingerprint density at radius 2 is 2.29 bits per heavy atom. The summed E-state index contributed by atoms with van der Waals surface area (Å²) in [5, 5.41) is 3.15. The zero-order valence-electron chi connectivity index (χ0n) is 8.45. The van der Waals surface area contributed by atoms with Gasteiger partial charge in [0.25, 0.3) is 5.56 Å². The van der Waals surface area contributed by atoms with Gasteiger partial charge in [0.05, 0.1) is 6.04 Å². The van der Waals surface area contributed by atoms with E-state index in [4.69, 9.17) is 4.74 Å². The van der Waals surface area contributed by atoms with E-state index in [2.05, 4.69) is 5.10 Å². The first kappa shape index (κ1) is 9.52. The molecule has 0 atom stereocenters. The van der Waals surface area contributed by atoms with E-state index in [1.165, 1.54) is 0 Å². The van der Waals surface area contributed by atoms with Gasteiger partial charge in [-0.2, -0.15) is 0 Å². The standard InChI is InChI=1S/C10H16N2O2/c1-2-8-7-10(13)12(11-8)9-3-5-14-6-4-9/h7,9,11H,2-6H2,1H3. The Morgan fingerprint density at radius 3 is 2.86 bits per heavy atom. The lowest BCUT2D eigenvalue weighted by atomic mass is 10.1. The van der Waals surface area contributed by atoms with E-state index >= 15 is 0 Å². The smallest absolute Gasteiger partial charge is 0.266 e. The quantitative estimate of drug-likeness (QED) is 0.769. The van der Waals surface area contributed by atoms with Crippen molar-refractivity contribution < 1.29 is 4.74 Å². The van der Waals surface area contributed by atoms with Crippen LogP contribution < -0.4 is 5.56 Å². The minimum absolute atomic E-state index is 0.0914. The van der Waals surface area contributed by atoms with Gasteiger partial charge in [0.1, 0.15) is 0 Å². The lowest BCUT2D eigenvalue weighted by molar-refractivity contribution is 0.0652. The second-order valence-electron chi connectivity index (χ2n) is 3.69. The van der Waals surface area contributed by atoms with Crippen molar-refractivity contribution in [3.63, 3.8) is 0 Å². The number of aryl methyl sites for hydroxylation is 1. The molecule has 0 aromatic carbocycles. The molecule has 4 heteroatoms. The van der Waals surface area contributed by atoms with Gasteiger partial charge in [-0.3, -0.25) is 9.89 Å². The number of aromatic nitrogens is 2. The van der Waals surface area contributed by atoms with E-state index in [9.17, 15) is 4.79 Å². The van der Waals surface area contributed by atoms with Crippen LogP contribution in [0.3, 0.4) is 0 Å². The number of hydrogen-bond acceptors (Lipinski definition) is 2. The third-order valence-corrected chi connectivity index (χ3v) is 2.74. The summed E-state index contributed by atoms with van der Waals surface area (Å²) in [5.41, 5.74) is 1.11. The monoisotopic (exact) mass is 196 g/mol. The second-order valence-corrected chi connectivity index (χ2v) is 3.69. The number of H-pyrrole nitrogens is 1. The first-order chi connectivity index (χ1) is 6.81. The van der Waals surface area contributed by atoms with Crippen LogP contribution in [0.4, 0.5) is 0 Å². The molecule has 2 heterocycles. The Bertz CT molecular complexity index is 347. The predicted molar refractivity (Wildman–Crippen MR) is 53.5 cm³/mol. The largest absolute Gasteiger partial charge is 0.381 e. The number of nitrogens with zero attached hydrogens (tertiary/aromatic N) is 1. The summed E-state index contributed by atoms with van der Waals surface area (Å²) in [6.07, 6.45) is 2.75. The van der Waals surface area contributed by atoms with Crippen LogP contribution in [0.15, 0.2) is 10.9 Å². The summed E-state index contributed by atoms with van der Waals surface area (Å²) in [6.45, 7) is 3.56. The van der Waals surface area contributed by atoms with E-state index < -0.39 is 0 Å². The van der Waals surface area contributed by atoms with Crippen LogP contribution in [0, 0.1) is 0 Å². The lowest BCUT2D eigenvalue weighted by Crippen LogP contribution is -2.27. The maximum Gasteiger partial charge on any atom is 0.266 e. The van der Waals surface area contributed by atoms with Gasteiger partial charge in [0, 0.05) is 25.0 Å². The van der Waals surface area contributed by atoms with Gasteiger partial charge in [-0.25, -0.2) is 4.68 Å². The second kappa shape index (κ2) is 4.00. The molecule has 78 valence electrons. The molecule has 0 amide bonds. The number of ether oxygens (including phenoxy) is 1. The zero-order valence-corrected chi connectivity index (χ0v) is 8.45. The van der Waals surface area contributed by atoms with Crippen molar-refractivity contribution in [3.05, 3.63) is 22.1 Å². The molecule has 4 nitrogen and oxygen atoms in total. The van der Waals surface area contributed by atoms with E-state index in [0.29, 0.717) is 6.04 Å². The summed E-state index contributed by atoms with van der Waals surface area (Å²) in [5.74, 6) is 0. The van der Waals surface area contributed by atoms with Crippen molar-refractivity contribution in [3.8, 4) is 0 Å². The summed E-state index contributed by atoms with van der Waals surface area (Å²) < 4.78 is 7.02. The van der Waals surface area contributed by atoms with Crippen LogP contribution in [-0.2, 0) is 11.2 Å². The highest BCUT2D eigenvalue weighted by atomic mass is 16.5. The molecule has 2 rings (SSSR count). The SMILES string of the molecule is CCc1cc(=O)n(C2CCOCC2)[nH]1. The van der Waals surface area contributed by atoms with Crippen molar-refractivity contribution in [2.24, 2.45) is 0 Å². The van der Waals surface area contributed by atoms with Crippen molar-refractivity contribution >= 4 is 0 Å². The van der Waals surface area contributed by atoms with Gasteiger partial charge in [0.15, 0.2) is 0 Å². The van der Waals surface area contributed by atoms with Crippen LogP contribution in [0.5, 0.6) is 0 Å². The molecule has 0 bridgehead atoms. The average Bonchev–Trinajstić information content (AvgIpc) is 2.61. The van der Waals surface area contributed by atoms with E-state index in [1.54, 1.807) is 10.7 Å². The zero-order chi connectivity index (χ0) is 9.97. The number of nitrogens with one attached hydrogen (secondary N) is 1. The molecule has 1 saturated heterocycles. The maximum absolute atomic E-state index is 11.6. The van der Waals surface area contributed by atoms with Gasteiger partial charge in [-0.1, -0.05) is 6.92 Å². The molecule has 0 saturated carbocycles. The molecule has 0 aliphatic carbocycles. The average molecular weight is 196 g/mol. The van der Waals surface area contributed by atoms with Gasteiger partial charge in [-0.05, 0) is 19.3 Å². The molecular formula is C10H16N2O2. The van der Waals surface area contributed by atoms with E-state index in [1.807, 2.05) is 6.92 Å². The van der Waals surface area contributed by atoms with Gasteiger partial charge >= 0.3 is 0 Å². The highest BCUT2D eigenvalue weighted by Crippen LogP contribution is 2.18. The molecule has 1 fully saturated rings. The maximum atomic E-state index is 11.6. The Hall–Kier alpha value is -1.03. The molecular weight excluding hydrogens is 180 g/mol. The minimum Gasteiger partial charge on any atom is -0.381 e. The fraction of sp³-hybridized carbons (Fsp3) is 0.700. The first-order valence-corrected chi connectivity index (χ1v) is 5.19. The lowest BCUT2D eigenvalue weighted by Gasteiger charge is -2.22. The number of rotatable bonds is 2. The highest BCUT2D eigenvalue weighted by molar-refractivity contribution is 5.00. The van der Waals surface area contributed by atoms with Crippen molar-refractivity contribution in [2.45, 2.75) is 32.2 Å². The fourth-order valence-electron chi connectivity index (χ4n) is 1.86. The van der Waals surface area contributed by atoms with Crippen LogP contribution in [0.1, 0.15) is 31.5 Å². The Kier molecular flexibility index (Phi) is 2.72.